The standard InChI is InChI=1S/C8H14N4OS/c1-5(7(13)12(2)3)11-8-10-4-6(9)14-8/h4-5H,9H2,1-3H3,(H,10,11). The van der Waals surface area contributed by atoms with Gasteiger partial charge in [-0.25, -0.2) is 4.98 Å². The monoisotopic (exact) mass is 214 g/mol. The summed E-state index contributed by atoms with van der Waals surface area (Å²) in [6.07, 6.45) is 1.57. The average molecular weight is 214 g/mol. The molecule has 5 nitrogen and oxygen atoms in total. The van der Waals surface area contributed by atoms with E-state index in [0.717, 1.165) is 0 Å². The van der Waals surface area contributed by atoms with Crippen molar-refractivity contribution in [2.45, 2.75) is 13.0 Å². The van der Waals surface area contributed by atoms with Crippen molar-refractivity contribution in [2.24, 2.45) is 0 Å². The van der Waals surface area contributed by atoms with Gasteiger partial charge in [0.2, 0.25) is 5.91 Å². The molecule has 0 saturated carbocycles. The van der Waals surface area contributed by atoms with Gasteiger partial charge in [-0.15, -0.1) is 0 Å². The van der Waals surface area contributed by atoms with E-state index in [4.69, 9.17) is 5.73 Å². The van der Waals surface area contributed by atoms with Gasteiger partial charge >= 0.3 is 0 Å². The number of thiazole rings is 1. The van der Waals surface area contributed by atoms with Gasteiger partial charge in [0, 0.05) is 14.1 Å². The molecule has 1 atom stereocenters. The SMILES string of the molecule is CC(Nc1ncc(N)s1)C(=O)N(C)C. The van der Waals surface area contributed by atoms with Crippen molar-refractivity contribution >= 4 is 27.4 Å². The Morgan fingerprint density at radius 2 is 2.36 bits per heavy atom. The fourth-order valence-electron chi connectivity index (χ4n) is 0.988. The second-order valence-corrected chi connectivity index (χ2v) is 4.23. The third-order valence-corrected chi connectivity index (χ3v) is 2.43. The number of nitrogens with one attached hydrogen (secondary N) is 1. The van der Waals surface area contributed by atoms with Crippen LogP contribution in [0.2, 0.25) is 0 Å². The first-order chi connectivity index (χ1) is 6.50. The number of aromatic nitrogens is 1. The first-order valence-electron chi connectivity index (χ1n) is 4.19. The number of carbonyl (C=O) groups is 1. The molecule has 0 radical (unpaired) electrons. The van der Waals surface area contributed by atoms with E-state index in [2.05, 4.69) is 10.3 Å². The Labute approximate surface area is 86.9 Å². The van der Waals surface area contributed by atoms with Crippen LogP contribution in [-0.4, -0.2) is 35.9 Å². The summed E-state index contributed by atoms with van der Waals surface area (Å²) >= 11 is 1.33. The second-order valence-electron chi connectivity index (χ2n) is 3.17. The maximum Gasteiger partial charge on any atom is 0.244 e. The maximum absolute atomic E-state index is 11.5. The minimum Gasteiger partial charge on any atom is -0.389 e. The molecule has 0 fully saturated rings. The Hall–Kier alpha value is -1.30. The van der Waals surface area contributed by atoms with Gasteiger partial charge in [-0.05, 0) is 6.92 Å². The van der Waals surface area contributed by atoms with Gasteiger partial charge in [0.1, 0.15) is 11.0 Å². The molecule has 0 aromatic carbocycles. The van der Waals surface area contributed by atoms with Gasteiger partial charge in [-0.3, -0.25) is 4.79 Å². The predicted octanol–water partition coefficient (Wildman–Crippen LogP) is 0.614. The normalized spacial score (nSPS) is 12.2. The molecule has 0 spiro atoms. The highest BCUT2D eigenvalue weighted by atomic mass is 32.1. The molecule has 14 heavy (non-hydrogen) atoms. The third kappa shape index (κ3) is 2.59. The van der Waals surface area contributed by atoms with Crippen LogP contribution in [-0.2, 0) is 4.79 Å². The van der Waals surface area contributed by atoms with Crippen molar-refractivity contribution < 1.29 is 4.79 Å². The molecule has 0 aliphatic heterocycles. The summed E-state index contributed by atoms with van der Waals surface area (Å²) < 4.78 is 0. The topological polar surface area (TPSA) is 71.2 Å². The lowest BCUT2D eigenvalue weighted by atomic mass is 10.3. The summed E-state index contributed by atoms with van der Waals surface area (Å²) in [6.45, 7) is 1.79. The van der Waals surface area contributed by atoms with Crippen LogP contribution in [0.1, 0.15) is 6.92 Å². The zero-order valence-electron chi connectivity index (χ0n) is 8.44. The van der Waals surface area contributed by atoms with Gasteiger partial charge in [0.15, 0.2) is 5.13 Å². The number of likely N-dealkylation sites (N-methyl/N-ethyl adjacent to an activating group) is 1. The summed E-state index contributed by atoms with van der Waals surface area (Å²) in [5.41, 5.74) is 5.51. The number of nitrogen functional groups attached to an aromatic ring is 1. The molecule has 1 heterocycles. The number of carbonyl (C=O) groups excluding carboxylic acids is 1. The van der Waals surface area contributed by atoms with Crippen molar-refractivity contribution in [1.82, 2.24) is 9.88 Å². The number of anilines is 2. The van der Waals surface area contributed by atoms with E-state index in [1.807, 2.05) is 0 Å². The van der Waals surface area contributed by atoms with Crippen molar-refractivity contribution in [3.05, 3.63) is 6.20 Å². The number of hydrogen-bond acceptors (Lipinski definition) is 5. The Morgan fingerprint density at radius 3 is 2.79 bits per heavy atom. The molecule has 0 bridgehead atoms. The highest BCUT2D eigenvalue weighted by Crippen LogP contribution is 2.20. The minimum atomic E-state index is -0.282. The largest absolute Gasteiger partial charge is 0.389 e. The smallest absolute Gasteiger partial charge is 0.244 e. The number of hydrogen-bond donors (Lipinski definition) is 2. The summed E-state index contributed by atoms with van der Waals surface area (Å²) in [5, 5.41) is 4.29. The number of amides is 1. The van der Waals surface area contributed by atoms with Crippen LogP contribution in [0.15, 0.2) is 6.20 Å². The second kappa shape index (κ2) is 4.28. The van der Waals surface area contributed by atoms with Gasteiger partial charge in [-0.1, -0.05) is 11.3 Å². The highest BCUT2D eigenvalue weighted by molar-refractivity contribution is 7.19. The molecule has 1 aromatic heterocycles. The van der Waals surface area contributed by atoms with Crippen molar-refractivity contribution in [3.8, 4) is 0 Å². The van der Waals surface area contributed by atoms with Crippen LogP contribution in [0.25, 0.3) is 0 Å². The average Bonchev–Trinajstić information content (AvgIpc) is 2.49. The van der Waals surface area contributed by atoms with Crippen molar-refractivity contribution in [3.63, 3.8) is 0 Å². The Morgan fingerprint density at radius 1 is 1.71 bits per heavy atom. The molecule has 0 saturated heterocycles. The van der Waals surface area contributed by atoms with Crippen LogP contribution in [0, 0.1) is 0 Å². The van der Waals surface area contributed by atoms with Crippen LogP contribution < -0.4 is 11.1 Å². The van der Waals surface area contributed by atoms with Gasteiger partial charge in [0.25, 0.3) is 0 Å². The maximum atomic E-state index is 11.5. The molecule has 0 aliphatic rings. The van der Waals surface area contributed by atoms with E-state index in [9.17, 15) is 4.79 Å². The van der Waals surface area contributed by atoms with E-state index >= 15 is 0 Å². The number of nitrogens with two attached hydrogens (primary N) is 1. The molecule has 1 aromatic rings. The molecule has 6 heteroatoms. The number of nitrogens with zero attached hydrogens (tertiary/aromatic N) is 2. The fourth-order valence-corrected chi connectivity index (χ4v) is 1.66. The summed E-state index contributed by atoms with van der Waals surface area (Å²) in [6, 6.07) is -0.282. The van der Waals surface area contributed by atoms with E-state index < -0.39 is 0 Å². The zero-order chi connectivity index (χ0) is 10.7. The molecule has 0 aliphatic carbocycles. The Bertz CT molecular complexity index is 323. The first kappa shape index (κ1) is 10.8. The van der Waals surface area contributed by atoms with Crippen molar-refractivity contribution in [2.75, 3.05) is 25.1 Å². The van der Waals surface area contributed by atoms with Crippen LogP contribution >= 0.6 is 11.3 Å². The Kier molecular flexibility index (Phi) is 3.29. The summed E-state index contributed by atoms with van der Waals surface area (Å²) in [7, 11) is 3.44. The molecule has 3 N–H and O–H groups in total. The van der Waals surface area contributed by atoms with Crippen molar-refractivity contribution in [1.29, 1.82) is 0 Å². The van der Waals surface area contributed by atoms with Gasteiger partial charge < -0.3 is 16.0 Å². The van der Waals surface area contributed by atoms with E-state index in [1.165, 1.54) is 16.2 Å². The predicted molar refractivity (Wildman–Crippen MR) is 58.3 cm³/mol. The molecular formula is C8H14N4OS. The first-order valence-corrected chi connectivity index (χ1v) is 5.01. The molecule has 78 valence electrons. The van der Waals surface area contributed by atoms with Crippen LogP contribution in [0.4, 0.5) is 10.1 Å². The Balaban J connectivity index is 2.57. The molecular weight excluding hydrogens is 200 g/mol. The lowest BCUT2D eigenvalue weighted by Crippen LogP contribution is -2.36. The van der Waals surface area contributed by atoms with E-state index in [-0.39, 0.29) is 11.9 Å². The highest BCUT2D eigenvalue weighted by Gasteiger charge is 2.15. The summed E-state index contributed by atoms with van der Waals surface area (Å²) in [5.74, 6) is 0.0128. The van der Waals surface area contributed by atoms with Gasteiger partial charge in [-0.2, -0.15) is 0 Å². The number of rotatable bonds is 3. The lowest BCUT2D eigenvalue weighted by molar-refractivity contribution is -0.129. The molecule has 1 rings (SSSR count). The van der Waals surface area contributed by atoms with Crippen LogP contribution in [0.5, 0.6) is 0 Å². The quantitative estimate of drug-likeness (QED) is 0.773. The van der Waals surface area contributed by atoms with E-state index in [1.54, 1.807) is 27.2 Å². The van der Waals surface area contributed by atoms with Crippen LogP contribution in [0.3, 0.4) is 0 Å². The molecule has 1 amide bonds. The van der Waals surface area contributed by atoms with Gasteiger partial charge in [0.05, 0.1) is 6.20 Å². The molecule has 1 unspecified atom stereocenters. The minimum absolute atomic E-state index is 0.0128. The van der Waals surface area contributed by atoms with E-state index in [0.29, 0.717) is 10.1 Å². The fraction of sp³-hybridized carbons (Fsp3) is 0.500. The summed E-state index contributed by atoms with van der Waals surface area (Å²) in [4.78, 5) is 17.0. The third-order valence-electron chi connectivity index (χ3n) is 1.67. The lowest BCUT2D eigenvalue weighted by Gasteiger charge is -2.17. The zero-order valence-corrected chi connectivity index (χ0v) is 9.26.